The minimum absolute atomic E-state index is 0.0132. The lowest BCUT2D eigenvalue weighted by atomic mass is 10.0. The average Bonchev–Trinajstić information content (AvgIpc) is 3.26. The normalized spacial score (nSPS) is 20.5. The fourth-order valence-corrected chi connectivity index (χ4v) is 4.52. The molecule has 33 heavy (non-hydrogen) atoms. The lowest BCUT2D eigenvalue weighted by molar-refractivity contribution is -0.245. The molecule has 174 valence electrons. The van der Waals surface area contributed by atoms with E-state index in [1.54, 1.807) is 18.1 Å². The number of hydrogen-bond donors (Lipinski definition) is 2. The summed E-state index contributed by atoms with van der Waals surface area (Å²) in [4.78, 5) is 11.2. The van der Waals surface area contributed by atoms with E-state index >= 15 is 0 Å². The van der Waals surface area contributed by atoms with Gasteiger partial charge in [0.15, 0.2) is 11.4 Å². The number of thioether (sulfide) groups is 1. The van der Waals surface area contributed by atoms with E-state index in [1.807, 2.05) is 60.1 Å². The van der Waals surface area contributed by atoms with Gasteiger partial charge in [-0.05, 0) is 16.7 Å². The van der Waals surface area contributed by atoms with Crippen molar-refractivity contribution in [1.29, 1.82) is 0 Å². The maximum absolute atomic E-state index is 11.2. The molecule has 3 atom stereocenters. The molecule has 1 fully saturated rings. The Balaban J connectivity index is 1.50. The number of benzene rings is 2. The largest absolute Gasteiger partial charge is 0.392 e. The zero-order valence-electron chi connectivity index (χ0n) is 18.7. The smallest absolute Gasteiger partial charge is 0.217 e. The number of nitrogens with zero attached hydrogens (tertiary/aromatic N) is 3. The molecular formula is C24H28N4O4S. The number of aryl methyl sites for hydroxylation is 1. The molecule has 2 N–H and O–H groups in total. The first kappa shape index (κ1) is 23.4. The van der Waals surface area contributed by atoms with Gasteiger partial charge in [0.05, 0.1) is 18.8 Å². The second-order valence-electron chi connectivity index (χ2n) is 8.04. The highest BCUT2D eigenvalue weighted by Gasteiger charge is 2.32. The zero-order valence-corrected chi connectivity index (χ0v) is 19.5. The molecule has 1 saturated heterocycles. The summed E-state index contributed by atoms with van der Waals surface area (Å²) < 4.78 is 14.6. The van der Waals surface area contributed by atoms with Gasteiger partial charge in [-0.2, -0.15) is 0 Å². The molecule has 0 radical (unpaired) electrons. The van der Waals surface area contributed by atoms with Crippen LogP contribution in [0.4, 0.5) is 0 Å². The number of aliphatic hydroxyl groups is 1. The van der Waals surface area contributed by atoms with Crippen molar-refractivity contribution in [2.45, 2.75) is 50.2 Å². The van der Waals surface area contributed by atoms with Crippen LogP contribution >= 0.6 is 11.8 Å². The predicted octanol–water partition coefficient (Wildman–Crippen LogP) is 3.28. The van der Waals surface area contributed by atoms with Crippen molar-refractivity contribution in [2.75, 3.05) is 5.75 Å². The molecule has 2 aromatic carbocycles. The second kappa shape index (κ2) is 10.9. The fourth-order valence-electron chi connectivity index (χ4n) is 3.61. The van der Waals surface area contributed by atoms with Crippen LogP contribution in [0, 0.1) is 0 Å². The third-order valence-corrected chi connectivity index (χ3v) is 6.64. The molecular weight excluding hydrogens is 440 g/mol. The van der Waals surface area contributed by atoms with E-state index in [-0.39, 0.29) is 24.7 Å². The standard InChI is InChI=1S/C24H28N4O4S/c1-16(30)25-12-17-3-9-20(10-4-17)23-31-21(14-33-24-27-26-15-28(24)2)11-22(32-23)19-7-5-18(13-29)6-8-19/h3-10,15,21-23,29H,11-14H2,1-2H3,(H,25,30)/t21-,22+,23+/m0/s1. The Morgan fingerprint density at radius 2 is 1.82 bits per heavy atom. The van der Waals surface area contributed by atoms with Gasteiger partial charge in [-0.1, -0.05) is 60.3 Å². The van der Waals surface area contributed by atoms with Crippen LogP contribution in [0.2, 0.25) is 0 Å². The minimum Gasteiger partial charge on any atom is -0.392 e. The van der Waals surface area contributed by atoms with Crippen molar-refractivity contribution < 1.29 is 19.4 Å². The molecule has 0 unspecified atom stereocenters. The van der Waals surface area contributed by atoms with E-state index in [2.05, 4.69) is 15.5 Å². The SMILES string of the molecule is CC(=O)NCc1ccc([C@@H]2O[C@H](CSc3nncn3C)C[C@H](c3ccc(CO)cc3)O2)cc1. The fraction of sp³-hybridized carbons (Fsp3) is 0.375. The zero-order chi connectivity index (χ0) is 23.2. The number of rotatable bonds is 8. The summed E-state index contributed by atoms with van der Waals surface area (Å²) in [5, 5.41) is 21.1. The number of nitrogens with one attached hydrogen (secondary N) is 1. The molecule has 4 rings (SSSR count). The topological polar surface area (TPSA) is 98.5 Å². The van der Waals surface area contributed by atoms with Crippen molar-refractivity contribution in [3.05, 3.63) is 77.1 Å². The first-order valence-corrected chi connectivity index (χ1v) is 11.8. The van der Waals surface area contributed by atoms with Crippen LogP contribution in [0.5, 0.6) is 0 Å². The minimum atomic E-state index is -0.513. The summed E-state index contributed by atoms with van der Waals surface area (Å²) >= 11 is 1.61. The van der Waals surface area contributed by atoms with Gasteiger partial charge < -0.3 is 24.5 Å². The second-order valence-corrected chi connectivity index (χ2v) is 9.02. The first-order valence-electron chi connectivity index (χ1n) is 10.8. The van der Waals surface area contributed by atoms with Crippen LogP contribution in [0.3, 0.4) is 0 Å². The summed E-state index contributed by atoms with van der Waals surface area (Å²) in [6.45, 7) is 2.00. The molecule has 1 amide bonds. The van der Waals surface area contributed by atoms with Gasteiger partial charge in [0.25, 0.3) is 0 Å². The van der Waals surface area contributed by atoms with Crippen LogP contribution in [0.1, 0.15) is 48.0 Å². The van der Waals surface area contributed by atoms with Crippen LogP contribution in [0.15, 0.2) is 60.0 Å². The summed E-state index contributed by atoms with van der Waals surface area (Å²) in [6.07, 6.45) is 1.69. The maximum atomic E-state index is 11.2. The predicted molar refractivity (Wildman–Crippen MR) is 124 cm³/mol. The third-order valence-electron chi connectivity index (χ3n) is 5.48. The number of carbonyl (C=O) groups is 1. The molecule has 0 saturated carbocycles. The van der Waals surface area contributed by atoms with Gasteiger partial charge in [0, 0.05) is 38.3 Å². The van der Waals surface area contributed by atoms with Gasteiger partial charge in [-0.3, -0.25) is 4.79 Å². The molecule has 2 heterocycles. The van der Waals surface area contributed by atoms with Gasteiger partial charge >= 0.3 is 0 Å². The Kier molecular flexibility index (Phi) is 7.77. The molecule has 1 aliphatic rings. The number of amides is 1. The van der Waals surface area contributed by atoms with Crippen LogP contribution in [-0.2, 0) is 34.5 Å². The Hall–Kier alpha value is -2.72. The van der Waals surface area contributed by atoms with Gasteiger partial charge in [0.1, 0.15) is 6.33 Å². The molecule has 1 aromatic heterocycles. The van der Waals surface area contributed by atoms with E-state index in [9.17, 15) is 9.90 Å². The molecule has 0 aliphatic carbocycles. The van der Waals surface area contributed by atoms with Crippen LogP contribution in [0.25, 0.3) is 0 Å². The van der Waals surface area contributed by atoms with Crippen molar-refractivity contribution in [3.8, 4) is 0 Å². The van der Waals surface area contributed by atoms with Crippen LogP contribution in [-0.4, -0.2) is 37.6 Å². The molecule has 1 aliphatic heterocycles. The van der Waals surface area contributed by atoms with Crippen LogP contribution < -0.4 is 5.32 Å². The average molecular weight is 469 g/mol. The molecule has 0 bridgehead atoms. The van der Waals surface area contributed by atoms with Crippen molar-refractivity contribution in [2.24, 2.45) is 7.05 Å². The lowest BCUT2D eigenvalue weighted by Gasteiger charge is -2.36. The molecule has 3 aromatic rings. The van der Waals surface area contributed by atoms with Crippen molar-refractivity contribution >= 4 is 17.7 Å². The first-order chi connectivity index (χ1) is 16.0. The summed E-state index contributed by atoms with van der Waals surface area (Å²) in [6, 6.07) is 15.7. The van der Waals surface area contributed by atoms with E-state index in [4.69, 9.17) is 9.47 Å². The van der Waals surface area contributed by atoms with E-state index in [0.29, 0.717) is 13.0 Å². The van der Waals surface area contributed by atoms with Gasteiger partial charge in [-0.25, -0.2) is 0 Å². The molecule has 8 nitrogen and oxygen atoms in total. The maximum Gasteiger partial charge on any atom is 0.217 e. The summed E-state index contributed by atoms with van der Waals surface area (Å²) in [5.74, 6) is 0.662. The van der Waals surface area contributed by atoms with Crippen molar-refractivity contribution in [3.63, 3.8) is 0 Å². The van der Waals surface area contributed by atoms with Crippen molar-refractivity contribution in [1.82, 2.24) is 20.1 Å². The Labute approximate surface area is 197 Å². The molecule has 9 heteroatoms. The van der Waals surface area contributed by atoms with Gasteiger partial charge in [-0.15, -0.1) is 10.2 Å². The highest BCUT2D eigenvalue weighted by molar-refractivity contribution is 7.99. The Bertz CT molecular complexity index is 1060. The quantitative estimate of drug-likeness (QED) is 0.490. The number of hydrogen-bond acceptors (Lipinski definition) is 7. The van der Waals surface area contributed by atoms with E-state index in [0.717, 1.165) is 33.2 Å². The Morgan fingerprint density at radius 3 is 2.45 bits per heavy atom. The van der Waals surface area contributed by atoms with E-state index < -0.39 is 6.29 Å². The lowest BCUT2D eigenvalue weighted by Crippen LogP contribution is -2.31. The van der Waals surface area contributed by atoms with Gasteiger partial charge in [0.2, 0.25) is 5.91 Å². The van der Waals surface area contributed by atoms with E-state index in [1.165, 1.54) is 6.92 Å². The monoisotopic (exact) mass is 468 g/mol. The number of aromatic nitrogens is 3. The number of ether oxygens (including phenoxy) is 2. The summed E-state index contributed by atoms with van der Waals surface area (Å²) in [7, 11) is 1.92. The molecule has 0 spiro atoms. The highest BCUT2D eigenvalue weighted by atomic mass is 32.2. The highest BCUT2D eigenvalue weighted by Crippen LogP contribution is 2.39. The number of carbonyl (C=O) groups excluding carboxylic acids is 1. The third kappa shape index (κ3) is 6.20. The summed E-state index contributed by atoms with van der Waals surface area (Å²) in [5.41, 5.74) is 3.85. The Morgan fingerprint density at radius 1 is 1.12 bits per heavy atom. The number of aliphatic hydroxyl groups excluding tert-OH is 1.